The zero-order chi connectivity index (χ0) is 17.0. The molecule has 0 aliphatic carbocycles. The van der Waals surface area contributed by atoms with Gasteiger partial charge in [-0.2, -0.15) is 0 Å². The molecule has 0 bridgehead atoms. The van der Waals surface area contributed by atoms with E-state index in [1.165, 1.54) is 0 Å². The van der Waals surface area contributed by atoms with Crippen molar-refractivity contribution in [2.45, 2.75) is 20.3 Å². The van der Waals surface area contributed by atoms with E-state index in [-0.39, 0.29) is 24.6 Å². The molecule has 0 unspecified atom stereocenters. The van der Waals surface area contributed by atoms with Crippen molar-refractivity contribution >= 4 is 17.3 Å². The summed E-state index contributed by atoms with van der Waals surface area (Å²) in [6.07, 6.45) is 0.0609. The fourth-order valence-electron chi connectivity index (χ4n) is 2.24. The van der Waals surface area contributed by atoms with Gasteiger partial charge in [-0.1, -0.05) is 6.07 Å². The minimum atomic E-state index is -1.53. The quantitative estimate of drug-likeness (QED) is 0.812. The van der Waals surface area contributed by atoms with E-state index in [1.54, 1.807) is 0 Å². The molecule has 0 aliphatic heterocycles. The van der Waals surface area contributed by atoms with E-state index in [9.17, 15) is 18.0 Å². The van der Waals surface area contributed by atoms with Gasteiger partial charge in [0.15, 0.2) is 17.5 Å². The molecule has 0 fully saturated rings. The number of hydrogen-bond donors (Lipinski definition) is 2. The Kier molecular flexibility index (Phi) is 5.26. The number of carbonyl (C=O) groups excluding carboxylic acids is 1. The summed E-state index contributed by atoms with van der Waals surface area (Å²) in [5.74, 6) is -4.33. The van der Waals surface area contributed by atoms with Crippen molar-refractivity contribution in [2.75, 3.05) is 17.2 Å². The lowest BCUT2D eigenvalue weighted by molar-refractivity contribution is -0.115. The Balaban J connectivity index is 1.89. The fraction of sp³-hybridized carbons (Fsp3) is 0.235. The number of rotatable bonds is 5. The van der Waals surface area contributed by atoms with Crippen LogP contribution in [0.1, 0.15) is 17.5 Å². The number of hydrogen-bond acceptors (Lipinski definition) is 2. The topological polar surface area (TPSA) is 41.1 Å². The first-order chi connectivity index (χ1) is 10.9. The van der Waals surface area contributed by atoms with Gasteiger partial charge in [0.25, 0.3) is 0 Å². The van der Waals surface area contributed by atoms with Crippen LogP contribution in [0.25, 0.3) is 0 Å². The molecule has 0 radical (unpaired) electrons. The monoisotopic (exact) mass is 322 g/mol. The van der Waals surface area contributed by atoms with Crippen molar-refractivity contribution in [3.05, 3.63) is 58.9 Å². The Bertz CT molecular complexity index is 712. The Morgan fingerprint density at radius 2 is 1.65 bits per heavy atom. The van der Waals surface area contributed by atoms with Crippen molar-refractivity contribution in [1.82, 2.24) is 0 Å². The smallest absolute Gasteiger partial charge is 0.226 e. The number of aryl methyl sites for hydroxylation is 2. The van der Waals surface area contributed by atoms with Crippen molar-refractivity contribution in [3.63, 3.8) is 0 Å². The largest absolute Gasteiger partial charge is 0.382 e. The zero-order valence-corrected chi connectivity index (χ0v) is 12.8. The maximum Gasteiger partial charge on any atom is 0.226 e. The van der Waals surface area contributed by atoms with Gasteiger partial charge in [-0.25, -0.2) is 13.2 Å². The molecule has 1 amide bonds. The van der Waals surface area contributed by atoms with E-state index in [0.29, 0.717) is 5.69 Å². The first-order valence-corrected chi connectivity index (χ1v) is 7.12. The molecule has 2 aromatic carbocycles. The van der Waals surface area contributed by atoms with Crippen LogP contribution in [-0.2, 0) is 4.79 Å². The minimum Gasteiger partial charge on any atom is -0.382 e. The lowest BCUT2D eigenvalue weighted by Crippen LogP contribution is -2.17. The molecule has 0 heterocycles. The van der Waals surface area contributed by atoms with Gasteiger partial charge in [0.1, 0.15) is 0 Å². The second-order valence-electron chi connectivity index (χ2n) is 5.32. The summed E-state index contributed by atoms with van der Waals surface area (Å²) in [7, 11) is 0. The van der Waals surface area contributed by atoms with Gasteiger partial charge in [-0.05, 0) is 49.2 Å². The molecule has 3 nitrogen and oxygen atoms in total. The predicted molar refractivity (Wildman–Crippen MR) is 84.0 cm³/mol. The zero-order valence-electron chi connectivity index (χ0n) is 12.8. The standard InChI is InChI=1S/C17H17F3N2O/c1-10-7-11(2)9-12(8-10)22-15(23)5-6-21-14-4-3-13(18)16(19)17(14)20/h3-4,7-9,21H,5-6H2,1-2H3,(H,22,23). The van der Waals surface area contributed by atoms with Crippen molar-refractivity contribution in [1.29, 1.82) is 0 Å². The van der Waals surface area contributed by atoms with Gasteiger partial charge in [-0.3, -0.25) is 4.79 Å². The Hall–Kier alpha value is -2.50. The number of anilines is 2. The van der Waals surface area contributed by atoms with Crippen LogP contribution in [0.5, 0.6) is 0 Å². The summed E-state index contributed by atoms with van der Waals surface area (Å²) < 4.78 is 39.3. The first-order valence-electron chi connectivity index (χ1n) is 7.12. The van der Waals surface area contributed by atoms with E-state index in [0.717, 1.165) is 23.3 Å². The molecule has 2 N–H and O–H groups in total. The van der Waals surface area contributed by atoms with Crippen LogP contribution >= 0.6 is 0 Å². The number of carbonyl (C=O) groups is 1. The van der Waals surface area contributed by atoms with Gasteiger partial charge in [0.05, 0.1) is 5.69 Å². The number of halogens is 3. The van der Waals surface area contributed by atoms with Crippen LogP contribution in [0.4, 0.5) is 24.5 Å². The van der Waals surface area contributed by atoms with Crippen LogP contribution in [0.15, 0.2) is 30.3 Å². The number of amides is 1. The summed E-state index contributed by atoms with van der Waals surface area (Å²) in [5.41, 5.74) is 2.57. The van der Waals surface area contributed by atoms with Gasteiger partial charge >= 0.3 is 0 Å². The van der Waals surface area contributed by atoms with Crippen LogP contribution in [-0.4, -0.2) is 12.5 Å². The van der Waals surface area contributed by atoms with E-state index >= 15 is 0 Å². The molecule has 122 valence electrons. The number of nitrogens with one attached hydrogen (secondary N) is 2. The third kappa shape index (κ3) is 4.48. The van der Waals surface area contributed by atoms with Gasteiger partial charge in [-0.15, -0.1) is 0 Å². The molecule has 2 rings (SSSR count). The normalized spacial score (nSPS) is 10.5. The van der Waals surface area contributed by atoms with Crippen LogP contribution < -0.4 is 10.6 Å². The van der Waals surface area contributed by atoms with Crippen LogP contribution in [0.2, 0.25) is 0 Å². The minimum absolute atomic E-state index is 0.0609. The highest BCUT2D eigenvalue weighted by molar-refractivity contribution is 5.91. The summed E-state index contributed by atoms with van der Waals surface area (Å²) in [6, 6.07) is 7.59. The number of benzene rings is 2. The second kappa shape index (κ2) is 7.17. The van der Waals surface area contributed by atoms with Crippen molar-refractivity contribution in [3.8, 4) is 0 Å². The Morgan fingerprint density at radius 1 is 1.00 bits per heavy atom. The maximum absolute atomic E-state index is 13.4. The molecule has 2 aromatic rings. The maximum atomic E-state index is 13.4. The van der Waals surface area contributed by atoms with E-state index in [4.69, 9.17) is 0 Å². The molecular formula is C17H17F3N2O. The van der Waals surface area contributed by atoms with Gasteiger partial charge < -0.3 is 10.6 Å². The first kappa shape index (κ1) is 16.9. The summed E-state index contributed by atoms with van der Waals surface area (Å²) in [6.45, 7) is 3.95. The van der Waals surface area contributed by atoms with Crippen molar-refractivity contribution in [2.24, 2.45) is 0 Å². The van der Waals surface area contributed by atoms with Gasteiger partial charge in [0.2, 0.25) is 5.91 Å². The lowest BCUT2D eigenvalue weighted by Gasteiger charge is -2.10. The molecule has 0 atom stereocenters. The van der Waals surface area contributed by atoms with Crippen LogP contribution in [0.3, 0.4) is 0 Å². The Labute approximate surface area is 132 Å². The van der Waals surface area contributed by atoms with Crippen LogP contribution in [0, 0.1) is 31.3 Å². The Morgan fingerprint density at radius 3 is 2.30 bits per heavy atom. The highest BCUT2D eigenvalue weighted by Gasteiger charge is 2.13. The SMILES string of the molecule is Cc1cc(C)cc(NC(=O)CCNc2ccc(F)c(F)c2F)c1. The lowest BCUT2D eigenvalue weighted by atomic mass is 10.1. The molecular weight excluding hydrogens is 305 g/mol. The van der Waals surface area contributed by atoms with E-state index < -0.39 is 17.5 Å². The predicted octanol–water partition coefficient (Wildman–Crippen LogP) is 4.16. The van der Waals surface area contributed by atoms with E-state index in [1.807, 2.05) is 32.0 Å². The van der Waals surface area contributed by atoms with Crippen molar-refractivity contribution < 1.29 is 18.0 Å². The molecule has 0 saturated heterocycles. The second-order valence-corrected chi connectivity index (χ2v) is 5.32. The summed E-state index contributed by atoms with van der Waals surface area (Å²) >= 11 is 0. The molecule has 0 aromatic heterocycles. The third-order valence-electron chi connectivity index (χ3n) is 3.21. The third-order valence-corrected chi connectivity index (χ3v) is 3.21. The average molecular weight is 322 g/mol. The molecule has 0 saturated carbocycles. The van der Waals surface area contributed by atoms with E-state index in [2.05, 4.69) is 10.6 Å². The average Bonchev–Trinajstić information content (AvgIpc) is 2.46. The molecule has 0 aliphatic rings. The fourth-order valence-corrected chi connectivity index (χ4v) is 2.24. The molecule has 23 heavy (non-hydrogen) atoms. The van der Waals surface area contributed by atoms with Gasteiger partial charge in [0, 0.05) is 18.7 Å². The highest BCUT2D eigenvalue weighted by Crippen LogP contribution is 2.19. The molecule has 0 spiro atoms. The summed E-state index contributed by atoms with van der Waals surface area (Å²) in [5, 5.41) is 5.32. The molecule has 6 heteroatoms. The highest BCUT2D eigenvalue weighted by atomic mass is 19.2. The summed E-state index contributed by atoms with van der Waals surface area (Å²) in [4.78, 5) is 11.9.